The highest BCUT2D eigenvalue weighted by molar-refractivity contribution is 6.29. The first kappa shape index (κ1) is 14.1. The normalized spacial score (nSPS) is 11.9. The van der Waals surface area contributed by atoms with E-state index in [9.17, 15) is 4.79 Å². The molecule has 8 heteroatoms. The van der Waals surface area contributed by atoms with E-state index in [-0.39, 0.29) is 18.6 Å². The number of carbonyl (C=O) groups is 1. The minimum atomic E-state index is -1.11. The Balaban J connectivity index is 1.95. The molecule has 106 valence electrons. The van der Waals surface area contributed by atoms with Crippen LogP contribution in [0, 0.1) is 0 Å². The molecule has 2 N–H and O–H groups in total. The number of hydrogen-bond acceptors (Lipinski definition) is 5. The quantitative estimate of drug-likeness (QED) is 0.823. The highest BCUT2D eigenvalue weighted by Gasteiger charge is 2.10. The summed E-state index contributed by atoms with van der Waals surface area (Å²) in [4.78, 5) is 18.4. The van der Waals surface area contributed by atoms with Crippen molar-refractivity contribution in [3.63, 3.8) is 0 Å². The molecule has 0 aliphatic heterocycles. The van der Waals surface area contributed by atoms with Crippen molar-refractivity contribution in [1.82, 2.24) is 15.3 Å². The summed E-state index contributed by atoms with van der Waals surface area (Å²) in [5.74, 6) is 0.553. The molecule has 20 heavy (non-hydrogen) atoms. The lowest BCUT2D eigenvalue weighted by Crippen LogP contribution is -2.35. The first-order valence-corrected chi connectivity index (χ1v) is 6.12. The topological polar surface area (TPSA) is 97.5 Å². The number of pyridine rings is 1. The number of nitrogens with zero attached hydrogens (tertiary/aromatic N) is 2. The summed E-state index contributed by atoms with van der Waals surface area (Å²) in [5.41, 5.74) is 0.668. The number of halogens is 1. The molecule has 2 rings (SSSR count). The largest absolute Gasteiger partial charge is 0.465 e. The summed E-state index contributed by atoms with van der Waals surface area (Å²) in [6, 6.07) is 2.98. The Kier molecular flexibility index (Phi) is 4.41. The zero-order chi connectivity index (χ0) is 14.5. The number of ether oxygens (including phenoxy) is 1. The van der Waals surface area contributed by atoms with E-state index in [1.807, 2.05) is 0 Å². The van der Waals surface area contributed by atoms with Gasteiger partial charge >= 0.3 is 12.0 Å². The molecule has 0 bridgehead atoms. The minimum absolute atomic E-state index is 0.139. The van der Waals surface area contributed by atoms with Gasteiger partial charge in [-0.1, -0.05) is 11.6 Å². The molecule has 7 nitrogen and oxygen atoms in total. The molecule has 2 aromatic heterocycles. The Bertz CT molecular complexity index is 585. The molecule has 1 atom stereocenters. The molecule has 0 aliphatic rings. The van der Waals surface area contributed by atoms with Gasteiger partial charge < -0.3 is 19.6 Å². The van der Waals surface area contributed by atoms with Crippen molar-refractivity contribution in [2.75, 3.05) is 6.61 Å². The Morgan fingerprint density at radius 2 is 2.30 bits per heavy atom. The van der Waals surface area contributed by atoms with Crippen molar-refractivity contribution >= 4 is 17.7 Å². The van der Waals surface area contributed by atoms with Crippen LogP contribution >= 0.6 is 11.6 Å². The lowest BCUT2D eigenvalue weighted by atomic mass is 10.3. The van der Waals surface area contributed by atoms with Gasteiger partial charge in [-0.05, 0) is 19.1 Å². The zero-order valence-corrected chi connectivity index (χ0v) is 11.3. The molecule has 2 aromatic rings. The fourth-order valence-corrected chi connectivity index (χ4v) is 1.53. The second kappa shape index (κ2) is 6.25. The molecule has 0 fully saturated rings. The zero-order valence-electron chi connectivity index (χ0n) is 10.5. The molecule has 1 amide bonds. The van der Waals surface area contributed by atoms with Gasteiger partial charge in [0.15, 0.2) is 0 Å². The molecule has 0 spiro atoms. The van der Waals surface area contributed by atoms with Crippen LogP contribution in [0.15, 0.2) is 28.9 Å². The second-order valence-electron chi connectivity index (χ2n) is 4.02. The van der Waals surface area contributed by atoms with Crippen LogP contribution in [0.3, 0.4) is 0 Å². The number of aromatic nitrogens is 2. The molecular formula is C12H12ClN3O4. The Morgan fingerprint density at radius 3 is 2.95 bits per heavy atom. The molecule has 0 unspecified atom stereocenters. The number of hydrogen-bond donors (Lipinski definition) is 2. The summed E-state index contributed by atoms with van der Waals surface area (Å²) >= 11 is 5.69. The summed E-state index contributed by atoms with van der Waals surface area (Å²) < 4.78 is 10.7. The molecule has 0 radical (unpaired) electrons. The summed E-state index contributed by atoms with van der Waals surface area (Å²) in [6.45, 7) is 1.81. The highest BCUT2D eigenvalue weighted by atomic mass is 35.5. The predicted octanol–water partition coefficient (Wildman–Crippen LogP) is 2.42. The van der Waals surface area contributed by atoms with Gasteiger partial charge in [-0.15, -0.1) is 0 Å². The third-order valence-corrected chi connectivity index (χ3v) is 2.53. The van der Waals surface area contributed by atoms with E-state index in [1.54, 1.807) is 19.1 Å². The van der Waals surface area contributed by atoms with Gasteiger partial charge in [0.2, 0.25) is 5.89 Å². The van der Waals surface area contributed by atoms with Gasteiger partial charge in [-0.2, -0.15) is 0 Å². The molecule has 0 aliphatic carbocycles. The molecule has 0 saturated heterocycles. The van der Waals surface area contributed by atoms with Crippen LogP contribution in [0.1, 0.15) is 6.92 Å². The maximum absolute atomic E-state index is 10.4. The van der Waals surface area contributed by atoms with Crippen molar-refractivity contribution in [1.29, 1.82) is 0 Å². The van der Waals surface area contributed by atoms with E-state index < -0.39 is 6.09 Å². The van der Waals surface area contributed by atoms with Gasteiger partial charge in [0, 0.05) is 6.20 Å². The Morgan fingerprint density at radius 1 is 1.50 bits per heavy atom. The van der Waals surface area contributed by atoms with Crippen LogP contribution in [0.2, 0.25) is 5.15 Å². The second-order valence-corrected chi connectivity index (χ2v) is 4.40. The van der Waals surface area contributed by atoms with Crippen molar-refractivity contribution < 1.29 is 19.1 Å². The van der Waals surface area contributed by atoms with Crippen LogP contribution in [0.5, 0.6) is 5.95 Å². The van der Waals surface area contributed by atoms with Gasteiger partial charge in [0.05, 0.1) is 11.6 Å². The Hall–Kier alpha value is -2.28. The van der Waals surface area contributed by atoms with Crippen LogP contribution < -0.4 is 10.1 Å². The average Bonchev–Trinajstić information content (AvgIpc) is 2.85. The van der Waals surface area contributed by atoms with Crippen molar-refractivity contribution in [3.05, 3.63) is 29.7 Å². The number of nitrogens with one attached hydrogen (secondary N) is 1. The van der Waals surface area contributed by atoms with Crippen molar-refractivity contribution in [3.8, 4) is 17.4 Å². The number of rotatable bonds is 5. The van der Waals surface area contributed by atoms with Crippen LogP contribution in [-0.2, 0) is 0 Å². The van der Waals surface area contributed by atoms with E-state index in [4.69, 9.17) is 25.9 Å². The highest BCUT2D eigenvalue weighted by Crippen LogP contribution is 2.23. The molecule has 0 aromatic carbocycles. The SMILES string of the molecule is C[C@@H](COc1cnc(-c2ccc(Cl)nc2)o1)NC(=O)O. The molecular weight excluding hydrogens is 286 g/mol. The lowest BCUT2D eigenvalue weighted by molar-refractivity contribution is 0.176. The maximum atomic E-state index is 10.4. The minimum Gasteiger partial charge on any atom is -0.465 e. The van der Waals surface area contributed by atoms with Gasteiger partial charge in [0.25, 0.3) is 0 Å². The van der Waals surface area contributed by atoms with Crippen LogP contribution in [0.4, 0.5) is 4.79 Å². The van der Waals surface area contributed by atoms with Gasteiger partial charge in [-0.25, -0.2) is 14.8 Å². The first-order valence-electron chi connectivity index (χ1n) is 5.74. The van der Waals surface area contributed by atoms with Gasteiger partial charge in [0.1, 0.15) is 18.0 Å². The van der Waals surface area contributed by atoms with Crippen LogP contribution in [0.25, 0.3) is 11.5 Å². The van der Waals surface area contributed by atoms with Crippen molar-refractivity contribution in [2.45, 2.75) is 13.0 Å². The predicted molar refractivity (Wildman–Crippen MR) is 70.9 cm³/mol. The summed E-state index contributed by atoms with van der Waals surface area (Å²) in [5, 5.41) is 11.2. The first-order chi connectivity index (χ1) is 9.54. The summed E-state index contributed by atoms with van der Waals surface area (Å²) in [7, 11) is 0. The standard InChI is InChI=1S/C12H12ClN3O4/c1-7(16-12(17)18)6-19-10-5-15-11(20-10)8-2-3-9(13)14-4-8/h2-5,7,16H,6H2,1H3,(H,17,18)/t7-/m0/s1. The smallest absolute Gasteiger partial charge is 0.404 e. The molecule has 2 heterocycles. The van der Waals surface area contributed by atoms with Crippen LogP contribution in [-0.4, -0.2) is 33.8 Å². The Labute approximate surface area is 119 Å². The van der Waals surface area contributed by atoms with E-state index in [0.717, 1.165) is 0 Å². The van der Waals surface area contributed by atoms with E-state index >= 15 is 0 Å². The fraction of sp³-hybridized carbons (Fsp3) is 0.250. The third kappa shape index (κ3) is 3.86. The number of carboxylic acid groups (broad SMARTS) is 1. The van der Waals surface area contributed by atoms with Crippen molar-refractivity contribution in [2.24, 2.45) is 0 Å². The van der Waals surface area contributed by atoms with E-state index in [1.165, 1.54) is 12.4 Å². The lowest BCUT2D eigenvalue weighted by Gasteiger charge is -2.10. The molecule has 0 saturated carbocycles. The third-order valence-electron chi connectivity index (χ3n) is 2.30. The monoisotopic (exact) mass is 297 g/mol. The maximum Gasteiger partial charge on any atom is 0.404 e. The number of oxazole rings is 1. The van der Waals surface area contributed by atoms with E-state index in [0.29, 0.717) is 16.6 Å². The number of amides is 1. The van der Waals surface area contributed by atoms with E-state index in [2.05, 4.69) is 15.3 Å². The summed E-state index contributed by atoms with van der Waals surface area (Å²) in [6.07, 6.45) is 1.84. The average molecular weight is 298 g/mol. The fourth-order valence-electron chi connectivity index (χ4n) is 1.42. The van der Waals surface area contributed by atoms with Gasteiger partial charge in [-0.3, -0.25) is 0 Å².